The molecule has 0 saturated carbocycles. The van der Waals surface area contributed by atoms with Crippen LogP contribution in [0.1, 0.15) is 24.8 Å². The molecule has 2 heterocycles. The number of anilines is 1. The van der Waals surface area contributed by atoms with Crippen LogP contribution in [-0.2, 0) is 16.0 Å². The van der Waals surface area contributed by atoms with E-state index in [-0.39, 0.29) is 5.91 Å². The molecular weight excluding hydrogens is 302 g/mol. The van der Waals surface area contributed by atoms with Crippen molar-refractivity contribution in [2.24, 2.45) is 5.92 Å². The second-order valence-corrected chi connectivity index (χ2v) is 6.94. The van der Waals surface area contributed by atoms with Gasteiger partial charge in [-0.3, -0.25) is 9.69 Å². The highest BCUT2D eigenvalue weighted by molar-refractivity contribution is 5.76. The summed E-state index contributed by atoms with van der Waals surface area (Å²) in [6.07, 6.45) is 3.54. The SMILES string of the molecule is Nc1ccccc1CCC(=O)N1CCC(CN2CCOCC2)CC1. The van der Waals surface area contributed by atoms with Gasteiger partial charge in [0.05, 0.1) is 13.2 Å². The largest absolute Gasteiger partial charge is 0.399 e. The lowest BCUT2D eigenvalue weighted by Crippen LogP contribution is -2.44. The van der Waals surface area contributed by atoms with Crippen molar-refractivity contribution in [1.82, 2.24) is 9.80 Å². The van der Waals surface area contributed by atoms with Crippen molar-refractivity contribution >= 4 is 11.6 Å². The third kappa shape index (κ3) is 4.71. The maximum absolute atomic E-state index is 12.4. The Hall–Kier alpha value is -1.59. The number of piperidine rings is 1. The normalized spacial score (nSPS) is 20.2. The van der Waals surface area contributed by atoms with Crippen LogP contribution < -0.4 is 5.73 Å². The molecule has 2 aliphatic heterocycles. The van der Waals surface area contributed by atoms with Crippen molar-refractivity contribution in [2.45, 2.75) is 25.7 Å². The Labute approximate surface area is 144 Å². The molecule has 2 saturated heterocycles. The number of morpholine rings is 1. The number of carbonyl (C=O) groups is 1. The molecule has 3 rings (SSSR count). The first-order chi connectivity index (χ1) is 11.7. The number of likely N-dealkylation sites (tertiary alicyclic amines) is 1. The molecule has 5 heteroatoms. The van der Waals surface area contributed by atoms with Gasteiger partial charge in [0.25, 0.3) is 0 Å². The number of nitrogens with two attached hydrogens (primary N) is 1. The second-order valence-electron chi connectivity index (χ2n) is 6.94. The van der Waals surface area contributed by atoms with Gasteiger partial charge in [0.15, 0.2) is 0 Å². The molecular formula is C19H29N3O2. The average molecular weight is 331 g/mol. The van der Waals surface area contributed by atoms with Gasteiger partial charge < -0.3 is 15.4 Å². The third-order valence-corrected chi connectivity index (χ3v) is 5.25. The first kappa shape index (κ1) is 17.2. The molecule has 24 heavy (non-hydrogen) atoms. The van der Waals surface area contributed by atoms with Crippen LogP contribution in [0, 0.1) is 5.92 Å². The van der Waals surface area contributed by atoms with E-state index in [2.05, 4.69) is 4.90 Å². The molecule has 2 aliphatic rings. The third-order valence-electron chi connectivity index (χ3n) is 5.25. The highest BCUT2D eigenvalue weighted by atomic mass is 16.5. The second kappa shape index (κ2) is 8.49. The van der Waals surface area contributed by atoms with Crippen LogP contribution in [0.2, 0.25) is 0 Å². The minimum Gasteiger partial charge on any atom is -0.399 e. The summed E-state index contributed by atoms with van der Waals surface area (Å²) in [4.78, 5) is 17.0. The molecule has 5 nitrogen and oxygen atoms in total. The van der Waals surface area contributed by atoms with Gasteiger partial charge in [-0.15, -0.1) is 0 Å². The van der Waals surface area contributed by atoms with Crippen molar-refractivity contribution < 1.29 is 9.53 Å². The molecule has 0 spiro atoms. The number of nitrogen functional groups attached to an aromatic ring is 1. The highest BCUT2D eigenvalue weighted by Crippen LogP contribution is 2.20. The fourth-order valence-electron chi connectivity index (χ4n) is 3.68. The summed E-state index contributed by atoms with van der Waals surface area (Å²) in [6.45, 7) is 6.79. The van der Waals surface area contributed by atoms with Crippen LogP contribution >= 0.6 is 0 Å². The molecule has 0 unspecified atom stereocenters. The fourth-order valence-corrected chi connectivity index (χ4v) is 3.68. The number of rotatable bonds is 5. The van der Waals surface area contributed by atoms with Gasteiger partial charge in [-0.1, -0.05) is 18.2 Å². The molecule has 0 aromatic heterocycles. The Morgan fingerprint density at radius 2 is 1.83 bits per heavy atom. The van der Waals surface area contributed by atoms with Crippen LogP contribution in [0.3, 0.4) is 0 Å². The number of hydrogen-bond acceptors (Lipinski definition) is 4. The summed E-state index contributed by atoms with van der Waals surface area (Å²) in [5.74, 6) is 0.986. The van der Waals surface area contributed by atoms with Gasteiger partial charge in [-0.05, 0) is 36.8 Å². The number of benzene rings is 1. The van der Waals surface area contributed by atoms with Gasteiger partial charge in [-0.2, -0.15) is 0 Å². The van der Waals surface area contributed by atoms with E-state index in [1.165, 1.54) is 0 Å². The van der Waals surface area contributed by atoms with Crippen LogP contribution in [0.15, 0.2) is 24.3 Å². The summed E-state index contributed by atoms with van der Waals surface area (Å²) >= 11 is 0. The summed E-state index contributed by atoms with van der Waals surface area (Å²) in [7, 11) is 0. The Kier molecular flexibility index (Phi) is 6.10. The molecule has 0 atom stereocenters. The minimum absolute atomic E-state index is 0.267. The Morgan fingerprint density at radius 3 is 2.54 bits per heavy atom. The monoisotopic (exact) mass is 331 g/mol. The Bertz CT molecular complexity index is 535. The number of para-hydroxylation sites is 1. The first-order valence-corrected chi connectivity index (χ1v) is 9.13. The van der Waals surface area contributed by atoms with Crippen molar-refractivity contribution in [3.8, 4) is 0 Å². The van der Waals surface area contributed by atoms with E-state index in [0.29, 0.717) is 6.42 Å². The van der Waals surface area contributed by atoms with Crippen LogP contribution in [0.5, 0.6) is 0 Å². The number of carbonyl (C=O) groups excluding carboxylic acids is 1. The molecule has 2 N–H and O–H groups in total. The molecule has 1 amide bonds. The number of ether oxygens (including phenoxy) is 1. The quantitative estimate of drug-likeness (QED) is 0.836. The van der Waals surface area contributed by atoms with Gasteiger partial charge in [0.1, 0.15) is 0 Å². The number of hydrogen-bond donors (Lipinski definition) is 1. The summed E-state index contributed by atoms with van der Waals surface area (Å²) in [5, 5.41) is 0. The molecule has 0 aliphatic carbocycles. The topological polar surface area (TPSA) is 58.8 Å². The molecule has 1 aromatic carbocycles. The van der Waals surface area contributed by atoms with Gasteiger partial charge >= 0.3 is 0 Å². The predicted octanol–water partition coefficient (Wildman–Crippen LogP) is 1.77. The Morgan fingerprint density at radius 1 is 1.12 bits per heavy atom. The van der Waals surface area contributed by atoms with Gasteiger partial charge in [0, 0.05) is 44.8 Å². The fraction of sp³-hybridized carbons (Fsp3) is 0.632. The lowest BCUT2D eigenvalue weighted by molar-refractivity contribution is -0.132. The molecule has 0 bridgehead atoms. The Balaban J connectivity index is 1.39. The molecule has 1 aromatic rings. The van der Waals surface area contributed by atoms with Crippen LogP contribution in [0.25, 0.3) is 0 Å². The summed E-state index contributed by atoms with van der Waals surface area (Å²) in [5.41, 5.74) is 7.82. The lowest BCUT2D eigenvalue weighted by Gasteiger charge is -2.36. The van der Waals surface area contributed by atoms with Crippen molar-refractivity contribution in [3.05, 3.63) is 29.8 Å². The number of amides is 1. The smallest absolute Gasteiger partial charge is 0.222 e. The zero-order chi connectivity index (χ0) is 16.8. The van der Waals surface area contributed by atoms with E-state index >= 15 is 0 Å². The highest BCUT2D eigenvalue weighted by Gasteiger charge is 2.24. The van der Waals surface area contributed by atoms with E-state index < -0.39 is 0 Å². The van der Waals surface area contributed by atoms with E-state index in [0.717, 1.165) is 82.4 Å². The predicted molar refractivity (Wildman–Crippen MR) is 95.7 cm³/mol. The van der Waals surface area contributed by atoms with Crippen LogP contribution in [0.4, 0.5) is 5.69 Å². The van der Waals surface area contributed by atoms with Gasteiger partial charge in [-0.25, -0.2) is 0 Å². The van der Waals surface area contributed by atoms with Gasteiger partial charge in [0.2, 0.25) is 5.91 Å². The minimum atomic E-state index is 0.267. The zero-order valence-electron chi connectivity index (χ0n) is 14.5. The zero-order valence-corrected chi connectivity index (χ0v) is 14.5. The van der Waals surface area contributed by atoms with E-state index in [4.69, 9.17) is 10.5 Å². The molecule has 2 fully saturated rings. The van der Waals surface area contributed by atoms with E-state index in [9.17, 15) is 4.79 Å². The number of nitrogens with zero attached hydrogens (tertiary/aromatic N) is 2. The van der Waals surface area contributed by atoms with E-state index in [1.807, 2.05) is 29.2 Å². The lowest BCUT2D eigenvalue weighted by atomic mass is 9.95. The van der Waals surface area contributed by atoms with E-state index in [1.54, 1.807) is 0 Å². The van der Waals surface area contributed by atoms with Crippen molar-refractivity contribution in [3.63, 3.8) is 0 Å². The van der Waals surface area contributed by atoms with Crippen molar-refractivity contribution in [2.75, 3.05) is 51.7 Å². The maximum Gasteiger partial charge on any atom is 0.222 e. The molecule has 132 valence electrons. The molecule has 0 radical (unpaired) electrons. The maximum atomic E-state index is 12.4. The first-order valence-electron chi connectivity index (χ1n) is 9.13. The van der Waals surface area contributed by atoms with Crippen LogP contribution in [-0.4, -0.2) is 61.6 Å². The standard InChI is InChI=1S/C19H29N3O2/c20-18-4-2-1-3-17(18)5-6-19(23)22-9-7-16(8-10-22)15-21-11-13-24-14-12-21/h1-4,16H,5-15,20H2. The summed E-state index contributed by atoms with van der Waals surface area (Å²) in [6, 6.07) is 7.82. The summed E-state index contributed by atoms with van der Waals surface area (Å²) < 4.78 is 5.41. The number of aryl methyl sites for hydroxylation is 1. The average Bonchev–Trinajstić information content (AvgIpc) is 2.62. The van der Waals surface area contributed by atoms with Crippen molar-refractivity contribution in [1.29, 1.82) is 0 Å².